The highest BCUT2D eigenvalue weighted by Gasteiger charge is 2.15. The number of phenols is 1. The number of ketones is 1. The molecule has 4 aromatic carbocycles. The van der Waals surface area contributed by atoms with Crippen LogP contribution in [0.2, 0.25) is 0 Å². The molecule has 0 atom stereocenters. The van der Waals surface area contributed by atoms with Crippen LogP contribution in [0.1, 0.15) is 22.8 Å². The minimum atomic E-state index is -0.363. The van der Waals surface area contributed by atoms with Crippen molar-refractivity contribution in [1.29, 1.82) is 0 Å². The van der Waals surface area contributed by atoms with Crippen LogP contribution in [-0.4, -0.2) is 16.9 Å². The molecule has 0 unspecified atom stereocenters. The fourth-order valence-electron chi connectivity index (χ4n) is 3.26. The molecule has 0 spiro atoms. The Morgan fingerprint density at radius 2 is 1.31 bits per heavy atom. The lowest BCUT2D eigenvalue weighted by Crippen LogP contribution is -2.02. The minimum absolute atomic E-state index is 0.0289. The number of benzene rings is 4. The van der Waals surface area contributed by atoms with Crippen LogP contribution in [0.25, 0.3) is 21.9 Å². The van der Waals surface area contributed by atoms with Gasteiger partial charge in [-0.2, -0.15) is 0 Å². The quantitative estimate of drug-likeness (QED) is 0.293. The molecule has 4 aromatic rings. The zero-order valence-electron chi connectivity index (χ0n) is 15.8. The Balaban J connectivity index is 1.60. The smallest absolute Gasteiger partial charge is 0.308 e. The SMILES string of the molecule is CC(=O)Oc1ccc(-c2ccc(C(=O)c3cc4ccccc4cc3O)cc2)cc1. The van der Waals surface area contributed by atoms with Gasteiger partial charge in [0.15, 0.2) is 5.78 Å². The van der Waals surface area contributed by atoms with E-state index >= 15 is 0 Å². The summed E-state index contributed by atoms with van der Waals surface area (Å²) in [6, 6.07) is 25.3. The summed E-state index contributed by atoms with van der Waals surface area (Å²) >= 11 is 0. The number of aromatic hydroxyl groups is 1. The van der Waals surface area contributed by atoms with Gasteiger partial charge in [-0.25, -0.2) is 0 Å². The second-order valence-corrected chi connectivity index (χ2v) is 6.74. The summed E-state index contributed by atoms with van der Waals surface area (Å²) < 4.78 is 5.04. The topological polar surface area (TPSA) is 63.6 Å². The van der Waals surface area contributed by atoms with E-state index in [0.717, 1.165) is 21.9 Å². The van der Waals surface area contributed by atoms with Crippen molar-refractivity contribution in [1.82, 2.24) is 0 Å². The first kappa shape index (κ1) is 18.4. The normalized spacial score (nSPS) is 10.7. The number of rotatable bonds is 4. The maximum atomic E-state index is 12.9. The Kier molecular flexibility index (Phi) is 4.83. The highest BCUT2D eigenvalue weighted by atomic mass is 16.5. The molecule has 0 aromatic heterocycles. The van der Waals surface area contributed by atoms with Gasteiger partial charge < -0.3 is 9.84 Å². The molecule has 0 radical (unpaired) electrons. The monoisotopic (exact) mass is 382 g/mol. The highest BCUT2D eigenvalue weighted by Crippen LogP contribution is 2.28. The van der Waals surface area contributed by atoms with E-state index in [9.17, 15) is 14.7 Å². The van der Waals surface area contributed by atoms with Crippen molar-refractivity contribution in [2.24, 2.45) is 0 Å². The third-order valence-electron chi connectivity index (χ3n) is 4.70. The fraction of sp³-hybridized carbons (Fsp3) is 0.0400. The Morgan fingerprint density at radius 1 is 0.759 bits per heavy atom. The van der Waals surface area contributed by atoms with Crippen LogP contribution in [-0.2, 0) is 4.79 Å². The molecule has 0 aliphatic carbocycles. The number of ether oxygens (including phenoxy) is 1. The lowest BCUT2D eigenvalue weighted by molar-refractivity contribution is -0.131. The number of fused-ring (bicyclic) bond motifs is 1. The highest BCUT2D eigenvalue weighted by molar-refractivity contribution is 6.12. The van der Waals surface area contributed by atoms with Gasteiger partial charge in [0, 0.05) is 12.5 Å². The summed E-state index contributed by atoms with van der Waals surface area (Å²) in [6.07, 6.45) is 0. The third-order valence-corrected chi connectivity index (χ3v) is 4.70. The lowest BCUT2D eigenvalue weighted by Gasteiger charge is -2.08. The number of hydrogen-bond acceptors (Lipinski definition) is 4. The van der Waals surface area contributed by atoms with Crippen molar-refractivity contribution < 1.29 is 19.4 Å². The Bertz CT molecular complexity index is 1210. The summed E-state index contributed by atoms with van der Waals surface area (Å²) in [4.78, 5) is 23.9. The molecule has 4 heteroatoms. The van der Waals surface area contributed by atoms with Crippen LogP contribution in [0.4, 0.5) is 0 Å². The van der Waals surface area contributed by atoms with E-state index in [0.29, 0.717) is 11.3 Å². The maximum absolute atomic E-state index is 12.9. The van der Waals surface area contributed by atoms with Crippen LogP contribution in [0.5, 0.6) is 11.5 Å². The Labute approximate surface area is 168 Å². The Hall–Kier alpha value is -3.92. The van der Waals surface area contributed by atoms with Crippen LogP contribution >= 0.6 is 0 Å². The average molecular weight is 382 g/mol. The molecule has 142 valence electrons. The predicted molar refractivity (Wildman–Crippen MR) is 112 cm³/mol. The molecule has 29 heavy (non-hydrogen) atoms. The van der Waals surface area contributed by atoms with E-state index in [1.54, 1.807) is 36.4 Å². The summed E-state index contributed by atoms with van der Waals surface area (Å²) in [5.41, 5.74) is 2.64. The summed E-state index contributed by atoms with van der Waals surface area (Å²) in [6.45, 7) is 1.36. The third kappa shape index (κ3) is 3.87. The molecule has 0 heterocycles. The molecule has 0 saturated heterocycles. The van der Waals surface area contributed by atoms with Crippen molar-refractivity contribution in [2.45, 2.75) is 6.92 Å². The van der Waals surface area contributed by atoms with E-state index in [2.05, 4.69) is 0 Å². The minimum Gasteiger partial charge on any atom is -0.507 e. The first-order chi connectivity index (χ1) is 14.0. The van der Waals surface area contributed by atoms with E-state index in [1.807, 2.05) is 48.5 Å². The van der Waals surface area contributed by atoms with Gasteiger partial charge in [0.2, 0.25) is 0 Å². The van der Waals surface area contributed by atoms with Crippen LogP contribution in [0.15, 0.2) is 84.9 Å². The molecule has 1 N–H and O–H groups in total. The van der Waals surface area contributed by atoms with Crippen LogP contribution in [0, 0.1) is 0 Å². The molecule has 4 rings (SSSR count). The van der Waals surface area contributed by atoms with Crippen molar-refractivity contribution in [3.05, 3.63) is 96.1 Å². The zero-order chi connectivity index (χ0) is 20.4. The fourth-order valence-corrected chi connectivity index (χ4v) is 3.26. The van der Waals surface area contributed by atoms with E-state index < -0.39 is 0 Å². The van der Waals surface area contributed by atoms with Crippen LogP contribution in [0.3, 0.4) is 0 Å². The largest absolute Gasteiger partial charge is 0.507 e. The molecule has 0 aliphatic rings. The van der Waals surface area contributed by atoms with Crippen molar-refractivity contribution in [3.8, 4) is 22.6 Å². The van der Waals surface area contributed by atoms with Gasteiger partial charge in [-0.1, -0.05) is 60.7 Å². The average Bonchev–Trinajstić information content (AvgIpc) is 2.73. The van der Waals surface area contributed by atoms with Gasteiger partial charge in [0.1, 0.15) is 11.5 Å². The second kappa shape index (κ2) is 7.60. The second-order valence-electron chi connectivity index (χ2n) is 6.74. The van der Waals surface area contributed by atoms with E-state index in [1.165, 1.54) is 6.92 Å². The zero-order valence-corrected chi connectivity index (χ0v) is 15.8. The molecule has 0 saturated carbocycles. The van der Waals surface area contributed by atoms with Gasteiger partial charge >= 0.3 is 5.97 Å². The summed E-state index contributed by atoms with van der Waals surface area (Å²) in [7, 11) is 0. The van der Waals surface area contributed by atoms with Crippen molar-refractivity contribution in [2.75, 3.05) is 0 Å². The molecule has 0 fully saturated rings. The maximum Gasteiger partial charge on any atom is 0.308 e. The number of hydrogen-bond donors (Lipinski definition) is 1. The first-order valence-corrected chi connectivity index (χ1v) is 9.16. The molecule has 0 amide bonds. The Morgan fingerprint density at radius 3 is 1.90 bits per heavy atom. The molecular weight excluding hydrogens is 364 g/mol. The molecule has 0 bridgehead atoms. The van der Waals surface area contributed by atoms with Gasteiger partial charge in [-0.05, 0) is 46.2 Å². The van der Waals surface area contributed by atoms with Gasteiger partial charge in [-0.15, -0.1) is 0 Å². The van der Waals surface area contributed by atoms with Crippen molar-refractivity contribution >= 4 is 22.5 Å². The number of carbonyl (C=O) groups is 2. The van der Waals surface area contributed by atoms with E-state index in [4.69, 9.17) is 4.74 Å². The molecular formula is C25H18O4. The standard InChI is InChI=1S/C25H18O4/c1-16(26)29-22-12-10-18(11-13-22)17-6-8-19(9-7-17)25(28)23-14-20-4-2-3-5-21(20)15-24(23)27/h2-15,27H,1H3. The predicted octanol–water partition coefficient (Wildman–Crippen LogP) is 5.37. The van der Waals surface area contributed by atoms with Gasteiger partial charge in [0.25, 0.3) is 0 Å². The van der Waals surface area contributed by atoms with E-state index in [-0.39, 0.29) is 23.1 Å². The van der Waals surface area contributed by atoms with Crippen LogP contribution < -0.4 is 4.74 Å². The first-order valence-electron chi connectivity index (χ1n) is 9.16. The number of esters is 1. The summed E-state index contributed by atoms with van der Waals surface area (Å²) in [5.74, 6) is -0.138. The number of carbonyl (C=O) groups excluding carboxylic acids is 2. The van der Waals surface area contributed by atoms with Gasteiger partial charge in [-0.3, -0.25) is 9.59 Å². The lowest BCUT2D eigenvalue weighted by atomic mass is 9.97. The number of phenolic OH excluding ortho intramolecular Hbond substituents is 1. The van der Waals surface area contributed by atoms with Gasteiger partial charge in [0.05, 0.1) is 5.56 Å². The van der Waals surface area contributed by atoms with Crippen molar-refractivity contribution in [3.63, 3.8) is 0 Å². The molecule has 0 aliphatic heterocycles. The molecule has 4 nitrogen and oxygen atoms in total. The summed E-state index contributed by atoms with van der Waals surface area (Å²) in [5, 5.41) is 12.1.